The summed E-state index contributed by atoms with van der Waals surface area (Å²) in [7, 11) is 0. The quantitative estimate of drug-likeness (QED) is 0.888. The van der Waals surface area contributed by atoms with Crippen molar-refractivity contribution in [3.8, 4) is 0 Å². The summed E-state index contributed by atoms with van der Waals surface area (Å²) in [6.07, 6.45) is 2.39. The van der Waals surface area contributed by atoms with Gasteiger partial charge in [-0.1, -0.05) is 12.1 Å². The molecular formula is C16H20N2O3. The third-order valence-electron chi connectivity index (χ3n) is 3.38. The molecule has 0 atom stereocenters. The van der Waals surface area contributed by atoms with Crippen molar-refractivity contribution in [3.63, 3.8) is 0 Å². The van der Waals surface area contributed by atoms with Gasteiger partial charge in [0.15, 0.2) is 0 Å². The summed E-state index contributed by atoms with van der Waals surface area (Å²) in [5.74, 6) is -1.03. The van der Waals surface area contributed by atoms with E-state index >= 15 is 0 Å². The smallest absolute Gasteiger partial charge is 0.332 e. The van der Waals surface area contributed by atoms with Crippen LogP contribution >= 0.6 is 0 Å². The van der Waals surface area contributed by atoms with Crippen molar-refractivity contribution in [3.05, 3.63) is 41.0 Å². The number of carboxylic acids is 1. The van der Waals surface area contributed by atoms with Gasteiger partial charge in [-0.25, -0.2) is 4.79 Å². The average molecular weight is 288 g/mol. The monoisotopic (exact) mass is 288 g/mol. The summed E-state index contributed by atoms with van der Waals surface area (Å²) in [6.45, 7) is 5.19. The number of benzene rings is 1. The second-order valence-corrected chi connectivity index (χ2v) is 5.46. The molecule has 1 amide bonds. The van der Waals surface area contributed by atoms with E-state index in [0.29, 0.717) is 25.1 Å². The van der Waals surface area contributed by atoms with E-state index in [1.54, 1.807) is 6.08 Å². The molecule has 0 saturated carbocycles. The predicted molar refractivity (Wildman–Crippen MR) is 81.3 cm³/mol. The summed E-state index contributed by atoms with van der Waals surface area (Å²) < 4.78 is 0. The number of nitrogens with one attached hydrogen (secondary N) is 1. The van der Waals surface area contributed by atoms with Crippen LogP contribution in [0.3, 0.4) is 0 Å². The molecule has 0 fully saturated rings. The standard InChI is InChI=1S/C16H20N2O3/c1-11-6-12(2)8-14(7-11)17-15(19)10-18-5-3-4-13(9-18)16(20)21/h4,6-8H,3,5,9-10H2,1-2H3,(H,17,19)(H,20,21). The number of carbonyl (C=O) groups excluding carboxylic acids is 1. The first kappa shape index (κ1) is 15.3. The lowest BCUT2D eigenvalue weighted by Gasteiger charge is -2.25. The molecule has 2 rings (SSSR count). The minimum Gasteiger partial charge on any atom is -0.478 e. The molecule has 0 aromatic heterocycles. The van der Waals surface area contributed by atoms with Gasteiger partial charge in [-0.15, -0.1) is 0 Å². The molecule has 5 heteroatoms. The Bertz CT molecular complexity index is 573. The summed E-state index contributed by atoms with van der Waals surface area (Å²) in [5.41, 5.74) is 3.34. The van der Waals surface area contributed by atoms with Crippen LogP contribution in [0.4, 0.5) is 5.69 Å². The van der Waals surface area contributed by atoms with E-state index in [1.807, 2.05) is 36.9 Å². The number of anilines is 1. The summed E-state index contributed by atoms with van der Waals surface area (Å²) >= 11 is 0. The van der Waals surface area contributed by atoms with E-state index in [0.717, 1.165) is 16.8 Å². The molecule has 0 spiro atoms. The van der Waals surface area contributed by atoms with E-state index < -0.39 is 5.97 Å². The minimum atomic E-state index is -0.908. The maximum Gasteiger partial charge on any atom is 0.332 e. The van der Waals surface area contributed by atoms with Crippen LogP contribution < -0.4 is 5.32 Å². The third-order valence-corrected chi connectivity index (χ3v) is 3.38. The molecule has 1 aliphatic rings. The number of carbonyl (C=O) groups is 2. The van der Waals surface area contributed by atoms with E-state index in [4.69, 9.17) is 5.11 Å². The number of rotatable bonds is 4. The lowest BCUT2D eigenvalue weighted by Crippen LogP contribution is -2.38. The van der Waals surface area contributed by atoms with Gasteiger partial charge in [-0.05, 0) is 43.5 Å². The SMILES string of the molecule is Cc1cc(C)cc(NC(=O)CN2CCC=C(C(=O)O)C2)c1. The first-order chi connectivity index (χ1) is 9.94. The highest BCUT2D eigenvalue weighted by atomic mass is 16.4. The normalized spacial score (nSPS) is 15.4. The number of hydrogen-bond donors (Lipinski definition) is 2. The first-order valence-corrected chi connectivity index (χ1v) is 6.97. The van der Waals surface area contributed by atoms with Crippen molar-refractivity contribution in [1.29, 1.82) is 0 Å². The van der Waals surface area contributed by atoms with Crippen molar-refractivity contribution in [2.45, 2.75) is 20.3 Å². The van der Waals surface area contributed by atoms with Crippen LogP contribution in [0.15, 0.2) is 29.8 Å². The van der Waals surface area contributed by atoms with Crippen molar-refractivity contribution >= 4 is 17.6 Å². The largest absolute Gasteiger partial charge is 0.478 e. The summed E-state index contributed by atoms with van der Waals surface area (Å²) in [4.78, 5) is 24.9. The molecule has 0 radical (unpaired) electrons. The van der Waals surface area contributed by atoms with Crippen LogP contribution in [0.25, 0.3) is 0 Å². The Kier molecular flexibility index (Phi) is 4.75. The molecule has 112 valence electrons. The molecule has 0 saturated heterocycles. The van der Waals surface area contributed by atoms with Crippen molar-refractivity contribution in [1.82, 2.24) is 4.90 Å². The van der Waals surface area contributed by atoms with E-state index in [9.17, 15) is 9.59 Å². The molecular weight excluding hydrogens is 268 g/mol. The van der Waals surface area contributed by atoms with Gasteiger partial charge >= 0.3 is 5.97 Å². The fourth-order valence-electron chi connectivity index (χ4n) is 2.55. The summed E-state index contributed by atoms with van der Waals surface area (Å²) in [5, 5.41) is 11.9. The molecule has 0 unspecified atom stereocenters. The molecule has 2 N–H and O–H groups in total. The van der Waals surface area contributed by atoms with Gasteiger partial charge in [0, 0.05) is 24.4 Å². The van der Waals surface area contributed by atoms with Gasteiger partial charge in [-0.3, -0.25) is 9.69 Å². The Morgan fingerprint density at radius 1 is 1.24 bits per heavy atom. The van der Waals surface area contributed by atoms with Crippen LogP contribution in [0.2, 0.25) is 0 Å². The number of amides is 1. The molecule has 1 aromatic rings. The number of nitrogens with zero attached hydrogens (tertiary/aromatic N) is 1. The topological polar surface area (TPSA) is 69.6 Å². The van der Waals surface area contributed by atoms with Gasteiger partial charge in [0.1, 0.15) is 0 Å². The second kappa shape index (κ2) is 6.54. The fourth-order valence-corrected chi connectivity index (χ4v) is 2.55. The van der Waals surface area contributed by atoms with Gasteiger partial charge < -0.3 is 10.4 Å². The van der Waals surface area contributed by atoms with E-state index in [-0.39, 0.29) is 12.5 Å². The lowest BCUT2D eigenvalue weighted by atomic mass is 10.1. The lowest BCUT2D eigenvalue weighted by molar-refractivity contribution is -0.133. The zero-order valence-electron chi connectivity index (χ0n) is 12.3. The molecule has 0 bridgehead atoms. The van der Waals surface area contributed by atoms with E-state index in [2.05, 4.69) is 5.32 Å². The Balaban J connectivity index is 1.93. The van der Waals surface area contributed by atoms with Crippen molar-refractivity contribution < 1.29 is 14.7 Å². The van der Waals surface area contributed by atoms with Crippen LogP contribution in [-0.4, -0.2) is 41.5 Å². The highest BCUT2D eigenvalue weighted by Gasteiger charge is 2.19. The molecule has 21 heavy (non-hydrogen) atoms. The maximum absolute atomic E-state index is 12.1. The van der Waals surface area contributed by atoms with Gasteiger partial charge in [0.25, 0.3) is 0 Å². The number of aliphatic carboxylic acids is 1. The Labute approximate surface area is 124 Å². The zero-order chi connectivity index (χ0) is 15.4. The van der Waals surface area contributed by atoms with Gasteiger partial charge in [0.05, 0.1) is 6.54 Å². The predicted octanol–water partition coefficient (Wildman–Crippen LogP) is 1.96. The van der Waals surface area contributed by atoms with Crippen LogP contribution in [-0.2, 0) is 9.59 Å². The number of hydrogen-bond acceptors (Lipinski definition) is 3. The Morgan fingerprint density at radius 3 is 2.52 bits per heavy atom. The number of aryl methyl sites for hydroxylation is 2. The molecule has 1 heterocycles. The van der Waals surface area contributed by atoms with Crippen molar-refractivity contribution in [2.75, 3.05) is 25.0 Å². The van der Waals surface area contributed by atoms with Crippen LogP contribution in [0, 0.1) is 13.8 Å². The van der Waals surface area contributed by atoms with E-state index in [1.165, 1.54) is 0 Å². The van der Waals surface area contributed by atoms with Gasteiger partial charge in [0.2, 0.25) is 5.91 Å². The zero-order valence-corrected chi connectivity index (χ0v) is 12.3. The highest BCUT2D eigenvalue weighted by molar-refractivity contribution is 5.93. The van der Waals surface area contributed by atoms with Crippen molar-refractivity contribution in [2.24, 2.45) is 0 Å². The molecule has 1 aliphatic heterocycles. The molecule has 0 aliphatic carbocycles. The summed E-state index contributed by atoms with van der Waals surface area (Å²) in [6, 6.07) is 5.89. The van der Waals surface area contributed by atoms with Crippen LogP contribution in [0.1, 0.15) is 17.5 Å². The highest BCUT2D eigenvalue weighted by Crippen LogP contribution is 2.14. The van der Waals surface area contributed by atoms with Gasteiger partial charge in [-0.2, -0.15) is 0 Å². The second-order valence-electron chi connectivity index (χ2n) is 5.46. The molecule has 5 nitrogen and oxygen atoms in total. The Morgan fingerprint density at radius 2 is 1.90 bits per heavy atom. The average Bonchev–Trinajstić information content (AvgIpc) is 2.37. The third kappa shape index (κ3) is 4.43. The maximum atomic E-state index is 12.1. The van der Waals surface area contributed by atoms with Crippen LogP contribution in [0.5, 0.6) is 0 Å². The Hall–Kier alpha value is -2.14. The molecule has 1 aromatic carbocycles. The fraction of sp³-hybridized carbons (Fsp3) is 0.375. The number of carboxylic acid groups (broad SMARTS) is 1. The minimum absolute atomic E-state index is 0.119. The first-order valence-electron chi connectivity index (χ1n) is 6.97.